The fraction of sp³-hybridized carbons (Fsp3) is 0.148. The number of nitrogens with one attached hydrogen (secondary N) is 3. The maximum absolute atomic E-state index is 14.6. The average molecular weight is 852 g/mol. The van der Waals surface area contributed by atoms with Gasteiger partial charge in [0.1, 0.15) is 11.6 Å². The van der Waals surface area contributed by atoms with Crippen molar-refractivity contribution in [1.29, 1.82) is 0 Å². The molecular weight excluding hydrogens is 803 g/mol. The Morgan fingerprint density at radius 2 is 0.984 bits per heavy atom. The zero-order chi connectivity index (χ0) is 44.2. The fourth-order valence-electron chi connectivity index (χ4n) is 7.49. The first-order valence-electron chi connectivity index (χ1n) is 20.8. The summed E-state index contributed by atoms with van der Waals surface area (Å²) in [5.74, 6) is -1.76. The minimum Gasteiger partial charge on any atom is -0.444 e. The topological polar surface area (TPSA) is 114 Å². The first-order chi connectivity index (χ1) is 30.5. The number of ether oxygens (including phenoxy) is 1. The Hall–Kier alpha value is -7.23. The molecule has 8 nitrogen and oxygen atoms in total. The fourth-order valence-corrected chi connectivity index (χ4v) is 9.05. The van der Waals surface area contributed by atoms with Gasteiger partial charge in [-0.25, -0.2) is 4.79 Å². The largest absolute Gasteiger partial charge is 0.444 e. The molecule has 0 radical (unpaired) electrons. The molecule has 0 saturated carbocycles. The highest BCUT2D eigenvalue weighted by Gasteiger charge is 2.39. The van der Waals surface area contributed by atoms with Crippen molar-refractivity contribution in [2.75, 3.05) is 16.4 Å². The molecule has 7 aromatic carbocycles. The van der Waals surface area contributed by atoms with Gasteiger partial charge in [0.05, 0.1) is 16.4 Å². The number of carbonyl (C=O) groups excluding carboxylic acids is 4. The first kappa shape index (κ1) is 43.8. The molecule has 0 aromatic heterocycles. The van der Waals surface area contributed by atoms with E-state index in [1.807, 2.05) is 121 Å². The molecule has 0 heterocycles. The average Bonchev–Trinajstić information content (AvgIpc) is 3.30. The normalized spacial score (nSPS) is 11.9. The zero-order valence-corrected chi connectivity index (χ0v) is 36.2. The molecule has 316 valence electrons. The first-order valence-corrected chi connectivity index (χ1v) is 21.8. The maximum Gasteiger partial charge on any atom is 0.408 e. The number of alkyl carbamates (subject to hydrolysis) is 1. The van der Waals surface area contributed by atoms with E-state index >= 15 is 0 Å². The standard InChI is InChI=1S/C54H49N3O5S/c1-53(2,3)62-52(61)57-47(37-63-54(41-28-16-7-17-29-41,42-30-18-8-19-31-42)43-32-20-9-21-33-43)50(59)55-44-34-35-46(45(36-44)49(58)40-26-14-6-15-27-40)56-51(60)48(38-22-10-4-11-23-38)39-24-12-5-13-25-39/h4-36,47-48H,37H2,1-3H3,(H,55,59)(H,56,60)(H,57,61)/t47-/m0/s1. The highest BCUT2D eigenvalue weighted by molar-refractivity contribution is 8.00. The third-order valence-electron chi connectivity index (χ3n) is 10.4. The summed E-state index contributed by atoms with van der Waals surface area (Å²) >= 11 is 1.52. The molecule has 0 aliphatic heterocycles. The van der Waals surface area contributed by atoms with Crippen LogP contribution in [0, 0.1) is 0 Å². The van der Waals surface area contributed by atoms with Crippen LogP contribution in [-0.2, 0) is 19.1 Å². The number of ketones is 1. The molecule has 0 aliphatic rings. The van der Waals surface area contributed by atoms with Crippen molar-refractivity contribution in [3.63, 3.8) is 0 Å². The van der Waals surface area contributed by atoms with Crippen LogP contribution in [0.1, 0.15) is 70.4 Å². The van der Waals surface area contributed by atoms with Crippen LogP contribution in [0.25, 0.3) is 0 Å². The van der Waals surface area contributed by atoms with E-state index in [1.165, 1.54) is 11.8 Å². The lowest BCUT2D eigenvalue weighted by Crippen LogP contribution is -2.48. The van der Waals surface area contributed by atoms with Gasteiger partial charge in [0.15, 0.2) is 5.78 Å². The second-order valence-electron chi connectivity index (χ2n) is 16.0. The Morgan fingerprint density at radius 3 is 1.44 bits per heavy atom. The number of anilines is 2. The third-order valence-corrected chi connectivity index (χ3v) is 12.0. The third kappa shape index (κ3) is 10.8. The van der Waals surface area contributed by atoms with E-state index in [2.05, 4.69) is 52.3 Å². The molecule has 0 spiro atoms. The molecule has 7 aromatic rings. The zero-order valence-electron chi connectivity index (χ0n) is 35.4. The van der Waals surface area contributed by atoms with Gasteiger partial charge < -0.3 is 20.7 Å². The van der Waals surface area contributed by atoms with Crippen LogP contribution in [0.2, 0.25) is 0 Å². The van der Waals surface area contributed by atoms with Gasteiger partial charge in [-0.3, -0.25) is 14.4 Å². The number of amides is 3. The van der Waals surface area contributed by atoms with Crippen molar-refractivity contribution in [2.24, 2.45) is 0 Å². The Labute approximate surface area is 373 Å². The molecule has 0 bridgehead atoms. The molecule has 1 atom stereocenters. The summed E-state index contributed by atoms with van der Waals surface area (Å²) in [6.07, 6.45) is -0.752. The van der Waals surface area contributed by atoms with Gasteiger partial charge >= 0.3 is 6.09 Å². The molecule has 0 saturated heterocycles. The number of hydrogen-bond acceptors (Lipinski definition) is 6. The smallest absolute Gasteiger partial charge is 0.408 e. The highest BCUT2D eigenvalue weighted by Crippen LogP contribution is 2.48. The van der Waals surface area contributed by atoms with Crippen LogP contribution in [-0.4, -0.2) is 41.1 Å². The van der Waals surface area contributed by atoms with Crippen molar-refractivity contribution in [3.05, 3.63) is 239 Å². The van der Waals surface area contributed by atoms with Crippen LogP contribution in [0.3, 0.4) is 0 Å². The quantitative estimate of drug-likeness (QED) is 0.0699. The molecule has 63 heavy (non-hydrogen) atoms. The van der Waals surface area contributed by atoms with Crippen molar-refractivity contribution in [2.45, 2.75) is 43.1 Å². The summed E-state index contributed by atoms with van der Waals surface area (Å²) < 4.78 is 4.88. The number of hydrogen-bond donors (Lipinski definition) is 3. The van der Waals surface area contributed by atoms with Crippen molar-refractivity contribution in [3.8, 4) is 0 Å². The predicted octanol–water partition coefficient (Wildman–Crippen LogP) is 11.2. The van der Waals surface area contributed by atoms with E-state index in [0.717, 1.165) is 27.8 Å². The number of thioether (sulfide) groups is 1. The van der Waals surface area contributed by atoms with Crippen LogP contribution in [0.4, 0.5) is 16.2 Å². The lowest BCUT2D eigenvalue weighted by atomic mass is 9.84. The number of carbonyl (C=O) groups is 4. The van der Waals surface area contributed by atoms with Crippen LogP contribution in [0.5, 0.6) is 0 Å². The van der Waals surface area contributed by atoms with Gasteiger partial charge in [0, 0.05) is 22.6 Å². The Morgan fingerprint density at radius 1 is 0.540 bits per heavy atom. The molecule has 9 heteroatoms. The van der Waals surface area contributed by atoms with E-state index in [0.29, 0.717) is 11.3 Å². The maximum atomic E-state index is 14.6. The molecule has 3 N–H and O–H groups in total. The van der Waals surface area contributed by atoms with Crippen LogP contribution in [0.15, 0.2) is 200 Å². The van der Waals surface area contributed by atoms with E-state index in [-0.39, 0.29) is 28.7 Å². The summed E-state index contributed by atoms with van der Waals surface area (Å²) in [6.45, 7) is 5.28. The number of benzene rings is 7. The van der Waals surface area contributed by atoms with Gasteiger partial charge in [-0.15, -0.1) is 11.8 Å². The Kier molecular flexibility index (Phi) is 14.0. The lowest BCUT2D eigenvalue weighted by molar-refractivity contribution is -0.118. The van der Waals surface area contributed by atoms with Crippen molar-refractivity contribution in [1.82, 2.24) is 5.32 Å². The molecule has 0 aliphatic carbocycles. The van der Waals surface area contributed by atoms with E-state index < -0.39 is 34.3 Å². The van der Waals surface area contributed by atoms with Crippen molar-refractivity contribution >= 4 is 46.8 Å². The van der Waals surface area contributed by atoms with Crippen LogP contribution < -0.4 is 16.0 Å². The second kappa shape index (κ2) is 20.1. The van der Waals surface area contributed by atoms with E-state index in [4.69, 9.17) is 4.74 Å². The minimum atomic E-state index is -1.11. The molecule has 0 unspecified atom stereocenters. The molecule has 7 rings (SSSR count). The molecule has 3 amide bonds. The minimum absolute atomic E-state index is 0.119. The lowest BCUT2D eigenvalue weighted by Gasteiger charge is -2.36. The monoisotopic (exact) mass is 851 g/mol. The SMILES string of the molecule is CC(C)(C)OC(=O)N[C@@H](CSC(c1ccccc1)(c1ccccc1)c1ccccc1)C(=O)Nc1ccc(NC(=O)C(c2ccccc2)c2ccccc2)c(C(=O)c2ccccc2)c1. The summed E-state index contributed by atoms with van der Waals surface area (Å²) in [5, 5.41) is 8.87. The summed E-state index contributed by atoms with van der Waals surface area (Å²) in [7, 11) is 0. The summed E-state index contributed by atoms with van der Waals surface area (Å²) in [5.41, 5.74) is 4.88. The van der Waals surface area contributed by atoms with Gasteiger partial charge in [-0.05, 0) is 66.8 Å². The molecular formula is C54H49N3O5S. The molecule has 0 fully saturated rings. The predicted molar refractivity (Wildman–Crippen MR) is 253 cm³/mol. The highest BCUT2D eigenvalue weighted by atomic mass is 32.2. The number of rotatable bonds is 15. The van der Waals surface area contributed by atoms with E-state index in [1.54, 1.807) is 63.2 Å². The van der Waals surface area contributed by atoms with Gasteiger partial charge in [0.2, 0.25) is 11.8 Å². The summed E-state index contributed by atoms with van der Waals surface area (Å²) in [4.78, 5) is 56.6. The van der Waals surface area contributed by atoms with Gasteiger partial charge in [-0.1, -0.05) is 182 Å². The second-order valence-corrected chi connectivity index (χ2v) is 17.2. The van der Waals surface area contributed by atoms with Gasteiger partial charge in [-0.2, -0.15) is 0 Å². The van der Waals surface area contributed by atoms with Crippen molar-refractivity contribution < 1.29 is 23.9 Å². The Bertz CT molecular complexity index is 2490. The summed E-state index contributed by atoms with van der Waals surface area (Å²) in [6, 6.07) is 61.6. The van der Waals surface area contributed by atoms with Gasteiger partial charge in [0.25, 0.3) is 0 Å². The van der Waals surface area contributed by atoms with Crippen LogP contribution >= 0.6 is 11.8 Å². The van der Waals surface area contributed by atoms with E-state index in [9.17, 15) is 19.2 Å². The Balaban J connectivity index is 1.24.